The number of aldehydes is 1. The largest absolute Gasteiger partial charge is 0.359 e. The summed E-state index contributed by atoms with van der Waals surface area (Å²) >= 11 is 0. The molecular formula is C31H41N5O2. The molecule has 1 aliphatic heterocycles. The normalized spacial score (nSPS) is 23.2. The number of likely N-dealkylation sites (N-methyl/N-ethyl adjacent to an activating group) is 1. The van der Waals surface area contributed by atoms with Crippen molar-refractivity contribution in [2.75, 3.05) is 18.5 Å². The molecule has 1 aromatic carbocycles. The van der Waals surface area contributed by atoms with Crippen molar-refractivity contribution in [3.63, 3.8) is 0 Å². The number of nitriles is 1. The minimum absolute atomic E-state index is 0.0577. The van der Waals surface area contributed by atoms with Crippen LogP contribution in [0.4, 0.5) is 5.69 Å². The first-order chi connectivity index (χ1) is 18.2. The summed E-state index contributed by atoms with van der Waals surface area (Å²) in [6.45, 7) is 7.44. The minimum atomic E-state index is -0.392. The van der Waals surface area contributed by atoms with E-state index >= 15 is 0 Å². The highest BCUT2D eigenvalue weighted by atomic mass is 16.2. The van der Waals surface area contributed by atoms with Gasteiger partial charge in [0.15, 0.2) is 6.19 Å². The van der Waals surface area contributed by atoms with E-state index in [2.05, 4.69) is 60.2 Å². The van der Waals surface area contributed by atoms with Crippen molar-refractivity contribution in [3.8, 4) is 6.19 Å². The summed E-state index contributed by atoms with van der Waals surface area (Å²) in [5.74, 6) is 1.22. The second-order valence-electron chi connectivity index (χ2n) is 12.0. The number of carbonyl (C=O) groups is 2. The number of likely N-dealkylation sites (tertiary alicyclic amines) is 1. The Hall–Kier alpha value is -3.40. The molecule has 2 heterocycles. The maximum absolute atomic E-state index is 13.3. The lowest BCUT2D eigenvalue weighted by molar-refractivity contribution is -0.123. The Morgan fingerprint density at radius 1 is 1.18 bits per heavy atom. The fourth-order valence-electron chi connectivity index (χ4n) is 5.75. The molecule has 3 fully saturated rings. The van der Waals surface area contributed by atoms with Crippen molar-refractivity contribution in [2.24, 2.45) is 11.8 Å². The smallest absolute Gasteiger partial charge is 0.247 e. The number of carbonyl (C=O) groups excluding carboxylic acids is 2. The molecule has 202 valence electrons. The number of pyridine rings is 1. The highest BCUT2D eigenvalue weighted by molar-refractivity contribution is 5.86. The number of nitrogens with zero attached hydrogens (tertiary/aromatic N) is 4. The van der Waals surface area contributed by atoms with Crippen molar-refractivity contribution in [3.05, 3.63) is 59.9 Å². The molecule has 0 spiro atoms. The number of benzene rings is 1. The SMILES string of the molecule is CN(c1ccc(C(C)(C)C)cc1)C(C(=O)NC1CCCCC1)c1cccnc1.N#CN1CC2CC2C1C=O. The van der Waals surface area contributed by atoms with Crippen LogP contribution < -0.4 is 10.2 Å². The number of hydrogen-bond donors (Lipinski definition) is 1. The average Bonchev–Trinajstić information content (AvgIpc) is 3.60. The van der Waals surface area contributed by atoms with Crippen LogP contribution in [-0.2, 0) is 15.0 Å². The maximum atomic E-state index is 13.3. The number of aromatic nitrogens is 1. The molecule has 0 radical (unpaired) electrons. The summed E-state index contributed by atoms with van der Waals surface area (Å²) in [5.41, 5.74) is 3.34. The van der Waals surface area contributed by atoms with E-state index in [1.165, 1.54) is 24.8 Å². The molecule has 0 bridgehead atoms. The highest BCUT2D eigenvalue weighted by Crippen LogP contribution is 2.48. The lowest BCUT2D eigenvalue weighted by Gasteiger charge is -2.32. The van der Waals surface area contributed by atoms with Gasteiger partial charge in [-0.2, -0.15) is 5.26 Å². The first kappa shape index (κ1) is 27.6. The number of rotatable bonds is 6. The van der Waals surface area contributed by atoms with Crippen molar-refractivity contribution in [2.45, 2.75) is 82.8 Å². The van der Waals surface area contributed by atoms with Gasteiger partial charge in [0.05, 0.1) is 6.04 Å². The van der Waals surface area contributed by atoms with E-state index in [0.717, 1.165) is 43.3 Å². The number of hydrogen-bond acceptors (Lipinski definition) is 6. The van der Waals surface area contributed by atoms with Crippen molar-refractivity contribution < 1.29 is 9.59 Å². The fraction of sp³-hybridized carbons (Fsp3) is 0.548. The van der Waals surface area contributed by atoms with Crippen LogP contribution in [0, 0.1) is 23.3 Å². The molecule has 2 aliphatic carbocycles. The van der Waals surface area contributed by atoms with Gasteiger partial charge in [0.2, 0.25) is 5.91 Å². The highest BCUT2D eigenvalue weighted by Gasteiger charge is 2.52. The van der Waals surface area contributed by atoms with E-state index in [0.29, 0.717) is 11.8 Å². The van der Waals surface area contributed by atoms with Crippen LogP contribution in [0.1, 0.15) is 76.5 Å². The van der Waals surface area contributed by atoms with Gasteiger partial charge in [0.1, 0.15) is 12.3 Å². The van der Waals surface area contributed by atoms with E-state index in [9.17, 15) is 9.59 Å². The third-order valence-corrected chi connectivity index (χ3v) is 8.20. The Bertz CT molecular complexity index is 1120. The molecule has 2 saturated carbocycles. The van der Waals surface area contributed by atoms with Crippen LogP contribution in [0.3, 0.4) is 0 Å². The first-order valence-corrected chi connectivity index (χ1v) is 13.9. The molecule has 1 amide bonds. The van der Waals surface area contributed by atoms with Gasteiger partial charge >= 0.3 is 0 Å². The molecule has 7 heteroatoms. The summed E-state index contributed by atoms with van der Waals surface area (Å²) in [5, 5.41) is 11.8. The van der Waals surface area contributed by atoms with Crippen LogP contribution in [0.5, 0.6) is 0 Å². The van der Waals surface area contributed by atoms with Gasteiger partial charge in [0.25, 0.3) is 0 Å². The molecule has 3 aliphatic rings. The Labute approximate surface area is 227 Å². The predicted octanol–water partition coefficient (Wildman–Crippen LogP) is 4.99. The zero-order valence-electron chi connectivity index (χ0n) is 23.1. The fourth-order valence-corrected chi connectivity index (χ4v) is 5.75. The second-order valence-corrected chi connectivity index (χ2v) is 12.0. The summed E-state index contributed by atoms with van der Waals surface area (Å²) < 4.78 is 0. The molecule has 7 nitrogen and oxygen atoms in total. The number of amides is 1. The molecule has 38 heavy (non-hydrogen) atoms. The topological polar surface area (TPSA) is 89.3 Å². The van der Waals surface area contributed by atoms with E-state index in [4.69, 9.17) is 5.26 Å². The zero-order valence-corrected chi connectivity index (χ0v) is 23.1. The minimum Gasteiger partial charge on any atom is -0.359 e. The van der Waals surface area contributed by atoms with Gasteiger partial charge in [-0.25, -0.2) is 0 Å². The Morgan fingerprint density at radius 3 is 2.45 bits per heavy atom. The predicted molar refractivity (Wildman–Crippen MR) is 149 cm³/mol. The quantitative estimate of drug-likeness (QED) is 0.431. The molecule has 1 N–H and O–H groups in total. The van der Waals surface area contributed by atoms with Crippen molar-refractivity contribution in [1.82, 2.24) is 15.2 Å². The lowest BCUT2D eigenvalue weighted by Crippen LogP contribution is -2.44. The van der Waals surface area contributed by atoms with Gasteiger partial charge in [-0.3, -0.25) is 14.7 Å². The molecule has 1 aromatic heterocycles. The van der Waals surface area contributed by atoms with Gasteiger partial charge in [-0.05, 0) is 60.3 Å². The molecule has 2 aromatic rings. The van der Waals surface area contributed by atoms with E-state index in [1.807, 2.05) is 25.4 Å². The standard InChI is InChI=1S/C24H33N3O.C7H8N2O/c1-24(2,3)19-12-14-21(15-13-19)27(4)22(18-9-8-16-25-17-18)23(28)26-20-10-6-5-7-11-20;8-4-9-2-5-1-6(5)7(9)3-10/h8-9,12-17,20,22H,5-7,10-11H2,1-4H3,(H,26,28);3,5-7H,1-2H2. The Morgan fingerprint density at radius 2 is 1.89 bits per heavy atom. The lowest BCUT2D eigenvalue weighted by atomic mass is 9.87. The van der Waals surface area contributed by atoms with Crippen molar-refractivity contribution in [1.29, 1.82) is 5.26 Å². The maximum Gasteiger partial charge on any atom is 0.247 e. The van der Waals surface area contributed by atoms with Crippen LogP contribution in [0.25, 0.3) is 0 Å². The summed E-state index contributed by atoms with van der Waals surface area (Å²) in [6, 6.07) is 12.2. The number of anilines is 1. The number of piperidine rings is 1. The molecular weight excluding hydrogens is 474 g/mol. The van der Waals surface area contributed by atoms with Crippen LogP contribution in [0.15, 0.2) is 48.8 Å². The summed E-state index contributed by atoms with van der Waals surface area (Å²) in [4.78, 5) is 31.6. The van der Waals surface area contributed by atoms with E-state index < -0.39 is 6.04 Å². The zero-order chi connectivity index (χ0) is 27.3. The van der Waals surface area contributed by atoms with Crippen LogP contribution >= 0.6 is 0 Å². The third-order valence-electron chi connectivity index (χ3n) is 8.20. The first-order valence-electron chi connectivity index (χ1n) is 13.9. The number of fused-ring (bicyclic) bond motifs is 1. The van der Waals surface area contributed by atoms with Crippen molar-refractivity contribution >= 4 is 17.9 Å². The third kappa shape index (κ3) is 6.53. The van der Waals surface area contributed by atoms with E-state index in [-0.39, 0.29) is 23.4 Å². The Balaban J connectivity index is 0.000000278. The van der Waals surface area contributed by atoms with Gasteiger partial charge in [-0.15, -0.1) is 0 Å². The van der Waals surface area contributed by atoms with Gasteiger partial charge in [-0.1, -0.05) is 58.2 Å². The molecule has 4 atom stereocenters. The second kappa shape index (κ2) is 12.0. The average molecular weight is 516 g/mol. The Kier molecular flexibility index (Phi) is 8.71. The van der Waals surface area contributed by atoms with Gasteiger partial charge < -0.3 is 15.0 Å². The summed E-state index contributed by atoms with van der Waals surface area (Å²) in [6.07, 6.45) is 13.5. The molecule has 1 saturated heterocycles. The van der Waals surface area contributed by atoms with E-state index in [1.54, 1.807) is 17.3 Å². The number of nitrogens with one attached hydrogen (secondary N) is 1. The monoisotopic (exact) mass is 515 g/mol. The molecule has 4 unspecified atom stereocenters. The van der Waals surface area contributed by atoms with Gasteiger partial charge in [0, 0.05) is 43.3 Å². The van der Waals surface area contributed by atoms with Crippen LogP contribution in [-0.4, -0.2) is 47.8 Å². The summed E-state index contributed by atoms with van der Waals surface area (Å²) in [7, 11) is 1.99. The van der Waals surface area contributed by atoms with Crippen LogP contribution in [0.2, 0.25) is 0 Å². The molecule has 5 rings (SSSR count).